The zero-order valence-electron chi connectivity index (χ0n) is 45.1. The highest BCUT2D eigenvalue weighted by Crippen LogP contribution is 2.56. The van der Waals surface area contributed by atoms with Crippen LogP contribution in [0, 0.1) is 22.7 Å². The molecule has 0 aliphatic carbocycles. The summed E-state index contributed by atoms with van der Waals surface area (Å²) in [5.41, 5.74) is 1.34. The van der Waals surface area contributed by atoms with E-state index in [4.69, 9.17) is 38.1 Å². The van der Waals surface area contributed by atoms with Gasteiger partial charge in [0.15, 0.2) is 11.6 Å². The van der Waals surface area contributed by atoms with Crippen molar-refractivity contribution in [1.29, 1.82) is 0 Å². The monoisotopic (exact) mass is 949 g/mol. The predicted octanol–water partition coefficient (Wildman–Crippen LogP) is 12.6. The molecule has 10 heteroatoms. The van der Waals surface area contributed by atoms with Crippen LogP contribution >= 0.6 is 0 Å². The number of hydroxylamine groups is 4. The first-order chi connectivity index (χ1) is 32.5. The first kappa shape index (κ1) is 55.4. The smallest absolute Gasteiger partial charge is 0.174 e. The molecular formula is C58H96N2O8. The summed E-state index contributed by atoms with van der Waals surface area (Å²) in [6.45, 7) is 34.2. The fraction of sp³-hybridized carbons (Fsp3) is 0.793. The minimum Gasteiger partial charge on any atom is -0.381 e. The van der Waals surface area contributed by atoms with Gasteiger partial charge in [-0.15, -0.1) is 0 Å². The number of unbranched alkanes of at least 4 members (excludes halogenated alkanes) is 3. The van der Waals surface area contributed by atoms with Crippen molar-refractivity contribution in [3.8, 4) is 0 Å². The highest BCUT2D eigenvalue weighted by Gasteiger charge is 2.65. The summed E-state index contributed by atoms with van der Waals surface area (Å²) in [6, 6.07) is 21.3. The van der Waals surface area contributed by atoms with E-state index in [1.54, 1.807) is 0 Å². The van der Waals surface area contributed by atoms with E-state index in [-0.39, 0.29) is 44.8 Å². The highest BCUT2D eigenvalue weighted by molar-refractivity contribution is 5.16. The zero-order chi connectivity index (χ0) is 49.2. The van der Waals surface area contributed by atoms with Crippen molar-refractivity contribution >= 4 is 0 Å². The summed E-state index contributed by atoms with van der Waals surface area (Å²) < 4.78 is 40.8. The molecule has 0 bridgehead atoms. The Morgan fingerprint density at radius 3 is 1.13 bits per heavy atom. The van der Waals surface area contributed by atoms with E-state index in [2.05, 4.69) is 154 Å². The number of piperidine rings is 2. The quantitative estimate of drug-likeness (QED) is 0.0898. The van der Waals surface area contributed by atoms with Crippen LogP contribution in [0.4, 0.5) is 0 Å². The van der Waals surface area contributed by atoms with Crippen molar-refractivity contribution in [3.63, 3.8) is 0 Å². The molecule has 2 spiro atoms. The Morgan fingerprint density at radius 1 is 0.471 bits per heavy atom. The molecule has 386 valence electrons. The Hall–Kier alpha value is -1.96. The summed E-state index contributed by atoms with van der Waals surface area (Å²) in [4.78, 5) is 13.5. The molecule has 4 heterocycles. The Bertz CT molecular complexity index is 1650. The van der Waals surface area contributed by atoms with Gasteiger partial charge in [0.05, 0.1) is 63.9 Å². The summed E-state index contributed by atoms with van der Waals surface area (Å²) in [5.74, 6) is -1.09. The highest BCUT2D eigenvalue weighted by atomic mass is 16.7. The molecule has 0 saturated carbocycles. The van der Waals surface area contributed by atoms with Gasteiger partial charge in [0.1, 0.15) is 0 Å². The third-order valence-corrected chi connectivity index (χ3v) is 18.3. The van der Waals surface area contributed by atoms with Crippen LogP contribution < -0.4 is 0 Å². The fourth-order valence-corrected chi connectivity index (χ4v) is 12.0. The average molecular weight is 949 g/mol. The maximum absolute atomic E-state index is 7.00. The van der Waals surface area contributed by atoms with Crippen LogP contribution in [0.2, 0.25) is 0 Å². The van der Waals surface area contributed by atoms with Gasteiger partial charge in [-0.3, -0.25) is 9.68 Å². The molecule has 6 atom stereocenters. The maximum Gasteiger partial charge on any atom is 0.174 e. The summed E-state index contributed by atoms with van der Waals surface area (Å²) in [5, 5.41) is 4.66. The Morgan fingerprint density at radius 2 is 0.824 bits per heavy atom. The van der Waals surface area contributed by atoms with E-state index >= 15 is 0 Å². The Kier molecular flexibility index (Phi) is 19.3. The fourth-order valence-electron chi connectivity index (χ4n) is 12.0. The second-order valence-electron chi connectivity index (χ2n) is 22.7. The topological polar surface area (TPSA) is 80.3 Å². The van der Waals surface area contributed by atoms with Crippen LogP contribution in [-0.2, 0) is 50.9 Å². The lowest BCUT2D eigenvalue weighted by molar-refractivity contribution is -0.411. The molecule has 6 unspecified atom stereocenters. The zero-order valence-corrected chi connectivity index (χ0v) is 45.1. The van der Waals surface area contributed by atoms with E-state index < -0.39 is 11.6 Å². The summed E-state index contributed by atoms with van der Waals surface area (Å²) in [7, 11) is 0. The second-order valence-corrected chi connectivity index (χ2v) is 22.7. The van der Waals surface area contributed by atoms with Crippen molar-refractivity contribution in [1.82, 2.24) is 10.1 Å². The van der Waals surface area contributed by atoms with Gasteiger partial charge in [-0.1, -0.05) is 129 Å². The van der Waals surface area contributed by atoms with Crippen LogP contribution in [0.15, 0.2) is 60.7 Å². The summed E-state index contributed by atoms with van der Waals surface area (Å²) >= 11 is 0. The first-order valence-corrected chi connectivity index (χ1v) is 27.2. The van der Waals surface area contributed by atoms with Crippen LogP contribution in [0.3, 0.4) is 0 Å². The van der Waals surface area contributed by atoms with Gasteiger partial charge in [0.2, 0.25) is 0 Å². The van der Waals surface area contributed by atoms with Crippen LogP contribution in [0.1, 0.15) is 171 Å². The molecular weight excluding hydrogens is 853 g/mol. The van der Waals surface area contributed by atoms with Gasteiger partial charge >= 0.3 is 0 Å². The normalized spacial score (nSPS) is 37.0. The van der Waals surface area contributed by atoms with Crippen molar-refractivity contribution in [2.24, 2.45) is 22.7 Å². The number of benzene rings is 2. The molecule has 6 rings (SSSR count). The molecule has 0 amide bonds. The number of nitrogens with zero attached hydrogens (tertiary/aromatic N) is 2. The number of hydrogen-bond acceptors (Lipinski definition) is 10. The molecule has 2 aromatic carbocycles. The summed E-state index contributed by atoms with van der Waals surface area (Å²) in [6.07, 6.45) is 13.3. The van der Waals surface area contributed by atoms with E-state index in [0.29, 0.717) is 52.9 Å². The minimum atomic E-state index is -0.658. The van der Waals surface area contributed by atoms with Crippen LogP contribution in [0.25, 0.3) is 0 Å². The number of rotatable bonds is 25. The molecule has 68 heavy (non-hydrogen) atoms. The van der Waals surface area contributed by atoms with Crippen molar-refractivity contribution < 1.29 is 38.1 Å². The molecule has 4 aliphatic rings. The van der Waals surface area contributed by atoms with Crippen molar-refractivity contribution in [2.75, 3.05) is 66.1 Å². The van der Waals surface area contributed by atoms with Gasteiger partial charge in [0.25, 0.3) is 0 Å². The van der Waals surface area contributed by atoms with Crippen LogP contribution in [0.5, 0.6) is 0 Å². The Balaban J connectivity index is 0.899. The standard InChI is InChI=1S/C58H96N2O8/c1-13-51(9)39-57(47(7)53(11,15-3)59(51)67-37-33-49-29-23-21-24-30-49)63-43-55(17-5,44-64-57)41-61-35-27-19-20-28-36-62-42-56(18-6)45-65-58(66-46-56)40-52(10,14-2)60(54(12,16-4)48(58)8)68-38-34-50-31-25-22-26-32-50/h21-26,29-32,47-48H,13-20,27-28,33-46H2,1-12H3. The number of hydrogen-bond donors (Lipinski definition) is 0. The third kappa shape index (κ3) is 11.8. The first-order valence-electron chi connectivity index (χ1n) is 27.2. The van der Waals surface area contributed by atoms with Crippen LogP contribution in [-0.4, -0.2) is 110 Å². The SMILES string of the molecule is CCC1(COCCCCCCOCC2(CC)COC3(CC(C)(CC)N(OCCc4ccccc4)C(C)(CC)C3C)OC2)COC2(CC(C)(CC)N(OCCc3ccccc3)C(C)(CC)C2C)OC1. The Labute approximate surface area is 414 Å². The lowest BCUT2D eigenvalue weighted by Gasteiger charge is -2.64. The van der Waals surface area contributed by atoms with Crippen molar-refractivity contribution in [2.45, 2.75) is 207 Å². The maximum atomic E-state index is 7.00. The molecule has 10 nitrogen and oxygen atoms in total. The lowest BCUT2D eigenvalue weighted by Crippen LogP contribution is -2.74. The largest absolute Gasteiger partial charge is 0.381 e. The third-order valence-electron chi connectivity index (χ3n) is 18.3. The van der Waals surface area contributed by atoms with Gasteiger partial charge in [-0.2, -0.15) is 10.1 Å². The van der Waals surface area contributed by atoms with Gasteiger partial charge in [-0.25, -0.2) is 0 Å². The second kappa shape index (κ2) is 23.7. The predicted molar refractivity (Wildman–Crippen MR) is 273 cm³/mol. The molecule has 2 aromatic rings. The van der Waals surface area contributed by atoms with Gasteiger partial charge < -0.3 is 28.4 Å². The van der Waals surface area contributed by atoms with E-state index in [1.165, 1.54) is 11.1 Å². The number of ether oxygens (including phenoxy) is 6. The van der Waals surface area contributed by atoms with E-state index in [9.17, 15) is 0 Å². The van der Waals surface area contributed by atoms with Crippen molar-refractivity contribution in [3.05, 3.63) is 71.8 Å². The minimum absolute atomic E-state index is 0.115. The van der Waals surface area contributed by atoms with E-state index in [0.717, 1.165) is 103 Å². The van der Waals surface area contributed by atoms with Gasteiger partial charge in [0, 0.05) is 59.8 Å². The molecule has 4 aliphatic heterocycles. The molecule has 0 aromatic heterocycles. The molecule has 0 radical (unpaired) electrons. The molecule has 4 saturated heterocycles. The lowest BCUT2D eigenvalue weighted by atomic mass is 9.66. The average Bonchev–Trinajstić information content (AvgIpc) is 3.37. The molecule has 4 fully saturated rings. The van der Waals surface area contributed by atoms with E-state index in [1.807, 2.05) is 0 Å². The molecule has 0 N–H and O–H groups in total. The van der Waals surface area contributed by atoms with Gasteiger partial charge in [-0.05, 0) is 103 Å².